The van der Waals surface area contributed by atoms with Gasteiger partial charge in [-0.3, -0.25) is 0 Å². The van der Waals surface area contributed by atoms with Crippen molar-refractivity contribution in [3.05, 3.63) is 47.2 Å². The molecule has 0 N–H and O–H groups in total. The Labute approximate surface area is 138 Å². The first-order chi connectivity index (χ1) is 10.1. The molecule has 1 aromatic carbocycles. The summed E-state index contributed by atoms with van der Waals surface area (Å²) in [7, 11) is 2.18. The van der Waals surface area contributed by atoms with Crippen molar-refractivity contribution in [3.8, 4) is 11.3 Å². The molecule has 0 aliphatic carbocycles. The summed E-state index contributed by atoms with van der Waals surface area (Å²) in [5, 5.41) is 0. The Morgan fingerprint density at radius 1 is 0.955 bits per heavy atom. The molecule has 0 radical (unpaired) electrons. The fraction of sp³-hybridized carbons (Fsp3) is 0.450. The van der Waals surface area contributed by atoms with Gasteiger partial charge in [0.1, 0.15) is 0 Å². The van der Waals surface area contributed by atoms with Crippen LogP contribution in [0.1, 0.15) is 36.5 Å². The van der Waals surface area contributed by atoms with Gasteiger partial charge in [0.05, 0.1) is 0 Å². The van der Waals surface area contributed by atoms with E-state index in [-0.39, 0.29) is 0 Å². The first-order valence-electron chi connectivity index (χ1n) is 8.23. The van der Waals surface area contributed by atoms with Crippen LogP contribution in [0.2, 0.25) is 17.3 Å². The molecule has 2 aromatic rings. The van der Waals surface area contributed by atoms with E-state index in [0.29, 0.717) is 5.92 Å². The summed E-state index contributed by atoms with van der Waals surface area (Å²) >= 11 is -1.81. The molecule has 118 valence electrons. The van der Waals surface area contributed by atoms with Crippen LogP contribution in [0, 0.1) is 13.8 Å². The third-order valence-corrected chi connectivity index (χ3v) is 8.97. The standard InChI is InChI=1S/C20H30GeN/c1-14(2)17-9-10-18(15(3)11-17)20-12-16(4)19(13-22(20)8)21(5,6)7/h9-14H,1-8H3/q+1. The van der Waals surface area contributed by atoms with Crippen LogP contribution in [0.4, 0.5) is 0 Å². The van der Waals surface area contributed by atoms with E-state index in [9.17, 15) is 0 Å². The number of nitrogens with zero attached hydrogens (tertiary/aromatic N) is 1. The van der Waals surface area contributed by atoms with Crippen molar-refractivity contribution < 1.29 is 4.57 Å². The van der Waals surface area contributed by atoms with Crippen LogP contribution in [0.15, 0.2) is 30.5 Å². The molecule has 0 amide bonds. The number of rotatable bonds is 3. The Hall–Kier alpha value is -1.09. The zero-order chi connectivity index (χ0) is 16.7. The number of hydrogen-bond acceptors (Lipinski definition) is 0. The number of aromatic nitrogens is 1. The van der Waals surface area contributed by atoms with Gasteiger partial charge in [0.2, 0.25) is 0 Å². The molecule has 2 heteroatoms. The summed E-state index contributed by atoms with van der Waals surface area (Å²) in [6.45, 7) is 9.01. The molecule has 0 fully saturated rings. The first kappa shape index (κ1) is 17.3. The molecular weight excluding hydrogens is 327 g/mol. The van der Waals surface area contributed by atoms with E-state index in [1.54, 1.807) is 4.40 Å². The van der Waals surface area contributed by atoms with Gasteiger partial charge >= 0.3 is 139 Å². The van der Waals surface area contributed by atoms with Crippen molar-refractivity contribution in [1.29, 1.82) is 0 Å². The zero-order valence-corrected chi connectivity index (χ0v) is 17.5. The third kappa shape index (κ3) is 3.45. The van der Waals surface area contributed by atoms with Crippen LogP contribution in [0.5, 0.6) is 0 Å². The molecule has 22 heavy (non-hydrogen) atoms. The summed E-state index contributed by atoms with van der Waals surface area (Å²) in [6, 6.07) is 9.28. The molecular formula is C20H30GeN+. The van der Waals surface area contributed by atoms with Crippen LogP contribution in [-0.4, -0.2) is 13.3 Å². The van der Waals surface area contributed by atoms with Crippen molar-refractivity contribution in [3.63, 3.8) is 0 Å². The number of hydrogen-bond donors (Lipinski definition) is 0. The topological polar surface area (TPSA) is 3.88 Å². The van der Waals surface area contributed by atoms with Crippen LogP contribution in [0.3, 0.4) is 0 Å². The minimum absolute atomic E-state index is 0.583. The van der Waals surface area contributed by atoms with Crippen molar-refractivity contribution in [2.75, 3.05) is 0 Å². The fourth-order valence-corrected chi connectivity index (χ4v) is 6.99. The van der Waals surface area contributed by atoms with E-state index in [1.165, 1.54) is 27.9 Å². The molecule has 0 unspecified atom stereocenters. The second-order valence-corrected chi connectivity index (χ2v) is 18.4. The molecule has 1 nitrogen and oxygen atoms in total. The molecule has 0 aliphatic heterocycles. The zero-order valence-electron chi connectivity index (χ0n) is 15.4. The summed E-state index contributed by atoms with van der Waals surface area (Å²) in [6.07, 6.45) is 2.38. The van der Waals surface area contributed by atoms with E-state index in [2.05, 4.69) is 87.0 Å². The van der Waals surface area contributed by atoms with E-state index in [0.717, 1.165) is 0 Å². The SMILES string of the molecule is Cc1cc(C(C)C)ccc1-c1cc(C)[c]([Ge]([CH3])([CH3])[CH3])c[n+]1C. The monoisotopic (exact) mass is 358 g/mol. The van der Waals surface area contributed by atoms with Crippen LogP contribution in [0.25, 0.3) is 11.3 Å². The maximum atomic E-state index is 2.46. The van der Waals surface area contributed by atoms with Gasteiger partial charge in [-0.05, 0) is 0 Å². The van der Waals surface area contributed by atoms with Gasteiger partial charge in [-0.15, -0.1) is 0 Å². The molecule has 0 saturated heterocycles. The maximum absolute atomic E-state index is 2.46. The van der Waals surface area contributed by atoms with E-state index >= 15 is 0 Å². The second-order valence-electron chi connectivity index (χ2n) is 7.85. The average Bonchev–Trinajstić information content (AvgIpc) is 2.39. The van der Waals surface area contributed by atoms with Crippen molar-refractivity contribution in [1.82, 2.24) is 0 Å². The predicted octanol–water partition coefficient (Wildman–Crippen LogP) is 4.46. The number of benzene rings is 1. The molecule has 0 aliphatic rings. The Morgan fingerprint density at radius 3 is 2.09 bits per heavy atom. The van der Waals surface area contributed by atoms with Crippen LogP contribution in [-0.2, 0) is 7.05 Å². The van der Waals surface area contributed by atoms with E-state index < -0.39 is 13.3 Å². The third-order valence-electron chi connectivity index (χ3n) is 4.48. The van der Waals surface area contributed by atoms with Gasteiger partial charge in [0.15, 0.2) is 0 Å². The normalized spacial score (nSPS) is 12.0. The van der Waals surface area contributed by atoms with Gasteiger partial charge in [0, 0.05) is 0 Å². The van der Waals surface area contributed by atoms with Crippen LogP contribution < -0.4 is 8.96 Å². The Balaban J connectivity index is 2.57. The van der Waals surface area contributed by atoms with Crippen molar-refractivity contribution >= 4 is 17.7 Å². The van der Waals surface area contributed by atoms with Gasteiger partial charge in [-0.1, -0.05) is 0 Å². The fourth-order valence-electron chi connectivity index (χ4n) is 3.14. The molecule has 0 bridgehead atoms. The minimum atomic E-state index is -1.81. The van der Waals surface area contributed by atoms with E-state index in [4.69, 9.17) is 0 Å². The van der Waals surface area contributed by atoms with Gasteiger partial charge in [0.25, 0.3) is 0 Å². The Morgan fingerprint density at radius 2 is 1.59 bits per heavy atom. The van der Waals surface area contributed by atoms with Gasteiger partial charge in [-0.2, -0.15) is 0 Å². The average molecular weight is 357 g/mol. The summed E-state index contributed by atoms with van der Waals surface area (Å²) < 4.78 is 3.92. The van der Waals surface area contributed by atoms with E-state index in [1.807, 2.05) is 0 Å². The summed E-state index contributed by atoms with van der Waals surface area (Å²) in [5.74, 6) is 7.97. The van der Waals surface area contributed by atoms with Crippen LogP contribution >= 0.6 is 0 Å². The first-order valence-corrected chi connectivity index (χ1v) is 15.6. The molecule has 1 heterocycles. The molecule has 0 spiro atoms. The molecule has 2 rings (SSSR count). The summed E-state index contributed by atoms with van der Waals surface area (Å²) in [5.41, 5.74) is 6.91. The quantitative estimate of drug-likeness (QED) is 0.564. The molecule has 0 saturated carbocycles. The van der Waals surface area contributed by atoms with Crippen molar-refractivity contribution in [2.45, 2.75) is 50.9 Å². The van der Waals surface area contributed by atoms with Gasteiger partial charge in [-0.25, -0.2) is 0 Å². The van der Waals surface area contributed by atoms with Crippen molar-refractivity contribution in [2.24, 2.45) is 7.05 Å². The Bertz CT molecular complexity index is 694. The molecule has 0 atom stereocenters. The number of aryl methyl sites for hydroxylation is 3. The second kappa shape index (κ2) is 6.19. The predicted molar refractivity (Wildman–Crippen MR) is 99.6 cm³/mol. The summed E-state index contributed by atoms with van der Waals surface area (Å²) in [4.78, 5) is 0. The number of pyridine rings is 1. The Kier molecular flexibility index (Phi) is 4.86. The van der Waals surface area contributed by atoms with Gasteiger partial charge < -0.3 is 0 Å². The molecule has 1 aromatic heterocycles.